The summed E-state index contributed by atoms with van der Waals surface area (Å²) >= 11 is 0. The summed E-state index contributed by atoms with van der Waals surface area (Å²) in [6.07, 6.45) is 21.3. The van der Waals surface area contributed by atoms with Gasteiger partial charge >= 0.3 is 25.7 Å². The molecule has 0 saturated heterocycles. The highest BCUT2D eigenvalue weighted by Crippen LogP contribution is 2.43. The minimum absolute atomic E-state index is 0.124. The van der Waals surface area contributed by atoms with Crippen LogP contribution in [0.15, 0.2) is 21.0 Å². The molecule has 58 heavy (non-hydrogen) atoms. The Balaban J connectivity index is 1.68. The van der Waals surface area contributed by atoms with Crippen LogP contribution in [0.5, 0.6) is 0 Å². The van der Waals surface area contributed by atoms with Crippen LogP contribution in [-0.4, -0.2) is 59.9 Å². The first kappa shape index (κ1) is 51.2. The predicted molar refractivity (Wildman–Crippen MR) is 224 cm³/mol. The molecule has 13 nitrogen and oxygen atoms in total. The van der Waals surface area contributed by atoms with Crippen LogP contribution in [0.25, 0.3) is 0 Å². The number of carbonyl (C=O) groups excluding carboxylic acids is 2. The summed E-state index contributed by atoms with van der Waals surface area (Å²) in [5.74, 6) is 1.89. The van der Waals surface area contributed by atoms with Crippen molar-refractivity contribution in [1.29, 1.82) is 0 Å². The molecule has 2 aromatic heterocycles. The lowest BCUT2D eigenvalue weighted by molar-refractivity contribution is -0.161. The third-order valence-corrected chi connectivity index (χ3v) is 11.1. The van der Waals surface area contributed by atoms with E-state index in [0.717, 1.165) is 126 Å². The number of carbonyl (C=O) groups is 3. The average molecular weight is 840 g/mol. The highest BCUT2D eigenvalue weighted by Gasteiger charge is 2.28. The van der Waals surface area contributed by atoms with E-state index in [1.165, 1.54) is 36.8 Å². The lowest BCUT2D eigenvalue weighted by atomic mass is 10.1. The molecule has 2 rings (SSSR count). The molecule has 0 saturated carbocycles. The Labute approximate surface area is 347 Å². The van der Waals surface area contributed by atoms with Gasteiger partial charge < -0.3 is 34.0 Å². The summed E-state index contributed by atoms with van der Waals surface area (Å²) in [6.45, 7) is 6.86. The fourth-order valence-electron chi connectivity index (χ4n) is 6.63. The molecule has 0 spiro atoms. The van der Waals surface area contributed by atoms with Crippen molar-refractivity contribution in [2.45, 2.75) is 194 Å². The zero-order chi connectivity index (χ0) is 42.6. The largest absolute Gasteiger partial charge is 0.480 e. The lowest BCUT2D eigenvalue weighted by Crippen LogP contribution is -2.34. The van der Waals surface area contributed by atoms with Crippen LogP contribution in [0, 0.1) is 13.8 Å². The Morgan fingerprint density at radius 3 is 1.55 bits per heavy atom. The minimum Gasteiger partial charge on any atom is -0.480 e. The maximum atomic E-state index is 12.7. The van der Waals surface area contributed by atoms with Gasteiger partial charge in [-0.05, 0) is 75.6 Å². The number of carboxylic acid groups (broad SMARTS) is 1. The van der Waals surface area contributed by atoms with Crippen LogP contribution in [-0.2, 0) is 63.2 Å². The Hall–Kier alpha value is -2.96. The molecule has 0 aliphatic heterocycles. The van der Waals surface area contributed by atoms with Crippen LogP contribution >= 0.6 is 7.82 Å². The first-order chi connectivity index (χ1) is 27.8. The number of phosphoric acid groups is 1. The number of rotatable bonds is 36. The standard InChI is InChI=1S/C44H74NO12P/c1-5-7-17-23-36-29-34(3)40(55-36)25-19-13-9-11-15-21-27-42(46)52-31-38(32-53-58(50,51)54-33-39(45)44(48)49)57-43(47)28-22-16-12-10-14-20-26-41-35(4)30-37(56-41)24-18-8-6-2/h29-30,38-39H,5-28,31-33,45H2,1-4H3,(H,48,49)(H,50,51). The van der Waals surface area contributed by atoms with Crippen molar-refractivity contribution in [3.05, 3.63) is 46.3 Å². The van der Waals surface area contributed by atoms with E-state index in [-0.39, 0.29) is 19.4 Å². The number of furan rings is 2. The number of unbranched alkanes of at least 4 members (excludes halogenated alkanes) is 14. The van der Waals surface area contributed by atoms with Gasteiger partial charge in [-0.25, -0.2) is 4.57 Å². The molecule has 332 valence electrons. The van der Waals surface area contributed by atoms with E-state index in [2.05, 4.69) is 44.4 Å². The Kier molecular flexibility index (Phi) is 26.6. The second-order valence-corrected chi connectivity index (χ2v) is 17.0. The summed E-state index contributed by atoms with van der Waals surface area (Å²) < 4.78 is 44.9. The SMILES string of the molecule is CCCCCc1cc(C)c(CCCCCCCCC(=O)OCC(COP(=O)(O)OCC(N)C(=O)O)OC(=O)CCCCCCCCc2oc(CCCCC)cc2C)o1. The smallest absolute Gasteiger partial charge is 0.472 e. The van der Waals surface area contributed by atoms with Gasteiger partial charge in [0.25, 0.3) is 0 Å². The van der Waals surface area contributed by atoms with Crippen LogP contribution in [0.2, 0.25) is 0 Å². The summed E-state index contributed by atoms with van der Waals surface area (Å²) in [4.78, 5) is 46.2. The maximum Gasteiger partial charge on any atom is 0.472 e. The molecule has 0 radical (unpaired) electrons. The minimum atomic E-state index is -4.74. The third-order valence-electron chi connectivity index (χ3n) is 10.2. The normalized spacial score (nSPS) is 13.6. The van der Waals surface area contributed by atoms with Crippen molar-refractivity contribution >= 4 is 25.7 Å². The van der Waals surface area contributed by atoms with E-state index in [1.54, 1.807) is 0 Å². The average Bonchev–Trinajstić information content (AvgIpc) is 3.73. The monoisotopic (exact) mass is 839 g/mol. The van der Waals surface area contributed by atoms with E-state index < -0.39 is 51.1 Å². The molecule has 3 unspecified atom stereocenters. The van der Waals surface area contributed by atoms with Crippen LogP contribution in [0.1, 0.15) is 176 Å². The van der Waals surface area contributed by atoms with Crippen LogP contribution < -0.4 is 5.73 Å². The summed E-state index contributed by atoms with van der Waals surface area (Å²) in [5.41, 5.74) is 7.80. The van der Waals surface area contributed by atoms with Gasteiger partial charge in [-0.2, -0.15) is 0 Å². The topological polar surface area (TPSA) is 198 Å². The molecular weight excluding hydrogens is 765 g/mol. The fourth-order valence-corrected chi connectivity index (χ4v) is 7.40. The van der Waals surface area contributed by atoms with Crippen molar-refractivity contribution in [3.8, 4) is 0 Å². The Bertz CT molecular complexity index is 1490. The van der Waals surface area contributed by atoms with Crippen molar-refractivity contribution in [2.75, 3.05) is 19.8 Å². The molecule has 2 aromatic rings. The quantitative estimate of drug-likeness (QED) is 0.0333. The van der Waals surface area contributed by atoms with Crippen molar-refractivity contribution in [1.82, 2.24) is 0 Å². The highest BCUT2D eigenvalue weighted by atomic mass is 31.2. The number of aliphatic carboxylic acids is 1. The van der Waals surface area contributed by atoms with Gasteiger partial charge in [-0.1, -0.05) is 90.9 Å². The van der Waals surface area contributed by atoms with Crippen molar-refractivity contribution in [3.63, 3.8) is 0 Å². The van der Waals surface area contributed by atoms with Gasteiger partial charge in [0.05, 0.1) is 13.2 Å². The van der Waals surface area contributed by atoms with E-state index >= 15 is 0 Å². The number of ether oxygens (including phenoxy) is 2. The fraction of sp³-hybridized carbons (Fsp3) is 0.750. The second kappa shape index (κ2) is 30.1. The number of hydrogen-bond acceptors (Lipinski definition) is 11. The van der Waals surface area contributed by atoms with Crippen LogP contribution in [0.4, 0.5) is 0 Å². The van der Waals surface area contributed by atoms with Gasteiger partial charge in [0, 0.05) is 38.5 Å². The number of carboxylic acids is 1. The van der Waals surface area contributed by atoms with E-state index in [1.807, 2.05) is 0 Å². The summed E-state index contributed by atoms with van der Waals surface area (Å²) in [7, 11) is -4.74. The number of nitrogens with two attached hydrogens (primary N) is 1. The zero-order valence-corrected chi connectivity index (χ0v) is 36.8. The Morgan fingerprint density at radius 1 is 0.638 bits per heavy atom. The third kappa shape index (κ3) is 23.6. The molecule has 0 fully saturated rings. The molecule has 14 heteroatoms. The maximum absolute atomic E-state index is 12.7. The van der Waals surface area contributed by atoms with Gasteiger partial charge in [-0.3, -0.25) is 23.4 Å². The number of esters is 2. The molecule has 0 aliphatic carbocycles. The Morgan fingerprint density at radius 2 is 1.07 bits per heavy atom. The number of hydrogen-bond donors (Lipinski definition) is 3. The summed E-state index contributed by atoms with van der Waals surface area (Å²) in [5, 5.41) is 8.91. The van der Waals surface area contributed by atoms with E-state index in [4.69, 9.17) is 33.7 Å². The van der Waals surface area contributed by atoms with E-state index in [9.17, 15) is 23.8 Å². The summed E-state index contributed by atoms with van der Waals surface area (Å²) in [6, 6.07) is 2.80. The first-order valence-corrected chi connectivity index (χ1v) is 23.4. The highest BCUT2D eigenvalue weighted by molar-refractivity contribution is 7.47. The molecule has 2 heterocycles. The van der Waals surface area contributed by atoms with Gasteiger partial charge in [0.15, 0.2) is 6.10 Å². The van der Waals surface area contributed by atoms with Crippen molar-refractivity contribution in [2.24, 2.45) is 5.73 Å². The number of aryl methyl sites for hydroxylation is 6. The molecule has 4 N–H and O–H groups in total. The zero-order valence-electron chi connectivity index (χ0n) is 35.9. The number of phosphoric ester groups is 1. The molecular formula is C44H74NO12P. The second-order valence-electron chi connectivity index (χ2n) is 15.6. The molecule has 0 aromatic carbocycles. The first-order valence-electron chi connectivity index (χ1n) is 21.9. The molecule has 0 bridgehead atoms. The molecule has 0 amide bonds. The van der Waals surface area contributed by atoms with Crippen molar-refractivity contribution < 1.29 is 56.3 Å². The van der Waals surface area contributed by atoms with Gasteiger partial charge in [-0.15, -0.1) is 0 Å². The van der Waals surface area contributed by atoms with Crippen LogP contribution in [0.3, 0.4) is 0 Å². The van der Waals surface area contributed by atoms with Gasteiger partial charge in [0.1, 0.15) is 35.7 Å². The van der Waals surface area contributed by atoms with Gasteiger partial charge in [0.2, 0.25) is 0 Å². The predicted octanol–water partition coefficient (Wildman–Crippen LogP) is 10.2. The lowest BCUT2D eigenvalue weighted by Gasteiger charge is -2.20. The van der Waals surface area contributed by atoms with E-state index in [0.29, 0.717) is 12.8 Å². The molecule has 3 atom stereocenters. The molecule has 0 aliphatic rings.